The highest BCUT2D eigenvalue weighted by Gasteiger charge is 2.12. The average molecular weight is 376 g/mol. The molecule has 0 N–H and O–H groups in total. The van der Waals surface area contributed by atoms with Crippen molar-refractivity contribution in [2.45, 2.75) is 19.4 Å². The van der Waals surface area contributed by atoms with Gasteiger partial charge in [0.15, 0.2) is 16.6 Å². The number of benzene rings is 1. The smallest absolute Gasteiger partial charge is 0.306 e. The first kappa shape index (κ1) is 17.4. The third-order valence-corrected chi connectivity index (χ3v) is 4.54. The maximum atomic E-state index is 12.0. The maximum absolute atomic E-state index is 12.0. The Kier molecular flexibility index (Phi) is 5.63. The summed E-state index contributed by atoms with van der Waals surface area (Å²) in [5.74, 6) is 0.119. The van der Waals surface area contributed by atoms with E-state index in [0.717, 1.165) is 5.01 Å². The second-order valence-electron chi connectivity index (χ2n) is 5.21. The van der Waals surface area contributed by atoms with Crippen LogP contribution in [0, 0.1) is 0 Å². The number of Topliss-reactive ketones (excluding diaryl/α,β-unsaturated/α-hetero) is 1. The first-order valence-corrected chi connectivity index (χ1v) is 8.80. The lowest BCUT2D eigenvalue weighted by atomic mass is 10.1. The van der Waals surface area contributed by atoms with Gasteiger partial charge in [-0.05, 0) is 36.4 Å². The zero-order valence-electron chi connectivity index (χ0n) is 13.1. The molecule has 0 saturated carbocycles. The van der Waals surface area contributed by atoms with E-state index in [1.807, 2.05) is 11.4 Å². The molecule has 0 unspecified atom stereocenters. The number of hydrogen-bond acceptors (Lipinski definition) is 6. The molecule has 0 radical (unpaired) electrons. The summed E-state index contributed by atoms with van der Waals surface area (Å²) in [6.45, 7) is 0.0746. The van der Waals surface area contributed by atoms with E-state index in [2.05, 4.69) is 4.98 Å². The Morgan fingerprint density at radius 2 is 1.96 bits per heavy atom. The van der Waals surface area contributed by atoms with E-state index in [1.54, 1.807) is 36.6 Å². The molecule has 0 spiro atoms. The van der Waals surface area contributed by atoms with Crippen LogP contribution < -0.4 is 0 Å². The van der Waals surface area contributed by atoms with Crippen molar-refractivity contribution < 1.29 is 18.7 Å². The summed E-state index contributed by atoms with van der Waals surface area (Å²) in [4.78, 5) is 28.1. The van der Waals surface area contributed by atoms with Crippen molar-refractivity contribution in [1.82, 2.24) is 4.98 Å². The Labute approximate surface area is 153 Å². The third-order valence-electron chi connectivity index (χ3n) is 3.39. The molecule has 7 heteroatoms. The summed E-state index contributed by atoms with van der Waals surface area (Å²) in [6, 6.07) is 10.2. The van der Waals surface area contributed by atoms with Crippen molar-refractivity contribution in [1.29, 1.82) is 0 Å². The van der Waals surface area contributed by atoms with Gasteiger partial charge < -0.3 is 9.15 Å². The van der Waals surface area contributed by atoms with Gasteiger partial charge in [-0.25, -0.2) is 4.98 Å². The lowest BCUT2D eigenvalue weighted by molar-refractivity contribution is -0.145. The van der Waals surface area contributed by atoms with Crippen LogP contribution in [0.15, 0.2) is 52.5 Å². The van der Waals surface area contributed by atoms with Crippen LogP contribution >= 0.6 is 22.9 Å². The van der Waals surface area contributed by atoms with Crippen molar-refractivity contribution in [3.63, 3.8) is 0 Å². The number of carbonyl (C=O) groups is 2. The van der Waals surface area contributed by atoms with Gasteiger partial charge in [0.25, 0.3) is 0 Å². The van der Waals surface area contributed by atoms with Gasteiger partial charge >= 0.3 is 5.97 Å². The molecule has 0 amide bonds. The molecule has 0 atom stereocenters. The van der Waals surface area contributed by atoms with E-state index < -0.39 is 5.97 Å². The molecule has 25 heavy (non-hydrogen) atoms. The molecule has 2 heterocycles. The van der Waals surface area contributed by atoms with Gasteiger partial charge in [0.1, 0.15) is 6.61 Å². The van der Waals surface area contributed by atoms with E-state index in [4.69, 9.17) is 20.8 Å². The van der Waals surface area contributed by atoms with Crippen LogP contribution in [0.25, 0.3) is 10.8 Å². The van der Waals surface area contributed by atoms with Crippen LogP contribution in [0.1, 0.15) is 28.9 Å². The Balaban J connectivity index is 1.45. The molecule has 0 saturated heterocycles. The predicted octanol–water partition coefficient (Wildman–Crippen LogP) is 4.76. The lowest BCUT2D eigenvalue weighted by Crippen LogP contribution is -2.08. The van der Waals surface area contributed by atoms with Crippen LogP contribution in [0.2, 0.25) is 5.02 Å². The van der Waals surface area contributed by atoms with Crippen LogP contribution in [0.4, 0.5) is 0 Å². The minimum Gasteiger partial charge on any atom is -0.462 e. The summed E-state index contributed by atoms with van der Waals surface area (Å²) >= 11 is 7.20. The van der Waals surface area contributed by atoms with Crippen LogP contribution in [0.5, 0.6) is 0 Å². The highest BCUT2D eigenvalue weighted by molar-refractivity contribution is 7.13. The molecule has 3 aromatic rings. The zero-order valence-corrected chi connectivity index (χ0v) is 14.7. The fraction of sp³-hybridized carbons (Fsp3) is 0.167. The fourth-order valence-corrected chi connectivity index (χ4v) is 3.01. The quantitative estimate of drug-likeness (QED) is 0.439. The maximum Gasteiger partial charge on any atom is 0.306 e. The molecule has 1 aromatic carbocycles. The van der Waals surface area contributed by atoms with Gasteiger partial charge in [0.2, 0.25) is 0 Å². The van der Waals surface area contributed by atoms with Crippen molar-refractivity contribution in [2.24, 2.45) is 0 Å². The summed E-state index contributed by atoms with van der Waals surface area (Å²) in [7, 11) is 0. The predicted molar refractivity (Wildman–Crippen MR) is 94.6 cm³/mol. The number of nitrogens with zero attached hydrogens (tertiary/aromatic N) is 1. The van der Waals surface area contributed by atoms with Gasteiger partial charge in [0, 0.05) is 22.4 Å². The molecule has 0 aliphatic rings. The van der Waals surface area contributed by atoms with E-state index in [9.17, 15) is 9.59 Å². The number of thiazole rings is 1. The Bertz CT molecular complexity index is 856. The number of furan rings is 1. The molecule has 0 bridgehead atoms. The largest absolute Gasteiger partial charge is 0.462 e. The van der Waals surface area contributed by atoms with Gasteiger partial charge in [-0.3, -0.25) is 9.59 Å². The Morgan fingerprint density at radius 1 is 1.16 bits per heavy atom. The highest BCUT2D eigenvalue weighted by atomic mass is 35.5. The number of halogens is 1. The van der Waals surface area contributed by atoms with Crippen LogP contribution in [0.3, 0.4) is 0 Å². The monoisotopic (exact) mass is 375 g/mol. The molecule has 5 nitrogen and oxygen atoms in total. The van der Waals surface area contributed by atoms with Crippen molar-refractivity contribution in [2.75, 3.05) is 0 Å². The summed E-state index contributed by atoms with van der Waals surface area (Å²) < 4.78 is 10.4. The van der Waals surface area contributed by atoms with E-state index in [-0.39, 0.29) is 25.2 Å². The molecule has 2 aromatic heterocycles. The first-order chi connectivity index (χ1) is 12.1. The van der Waals surface area contributed by atoms with Crippen LogP contribution in [-0.4, -0.2) is 16.7 Å². The van der Waals surface area contributed by atoms with Crippen molar-refractivity contribution in [3.05, 3.63) is 64.3 Å². The van der Waals surface area contributed by atoms with Crippen LogP contribution in [-0.2, 0) is 16.1 Å². The van der Waals surface area contributed by atoms with Crippen molar-refractivity contribution >= 4 is 34.7 Å². The number of esters is 1. The third kappa shape index (κ3) is 4.78. The first-order valence-electron chi connectivity index (χ1n) is 7.54. The minimum atomic E-state index is -0.435. The molecule has 0 fully saturated rings. The van der Waals surface area contributed by atoms with Gasteiger partial charge in [-0.2, -0.15) is 0 Å². The topological polar surface area (TPSA) is 69.4 Å². The van der Waals surface area contributed by atoms with E-state index in [1.165, 1.54) is 11.3 Å². The summed E-state index contributed by atoms with van der Waals surface area (Å²) in [5.41, 5.74) is 1.17. The normalized spacial score (nSPS) is 10.6. The van der Waals surface area contributed by atoms with Gasteiger partial charge in [-0.1, -0.05) is 11.6 Å². The Morgan fingerprint density at radius 3 is 2.68 bits per heavy atom. The zero-order chi connectivity index (χ0) is 17.6. The van der Waals surface area contributed by atoms with Crippen molar-refractivity contribution in [3.8, 4) is 10.8 Å². The minimum absolute atomic E-state index is 0.0244. The molecular formula is C18H14ClNO4S. The summed E-state index contributed by atoms with van der Waals surface area (Å²) in [5, 5.41) is 3.10. The molecular weight excluding hydrogens is 362 g/mol. The number of ether oxygens (including phenoxy) is 1. The molecule has 3 rings (SSSR count). The number of aromatic nitrogens is 1. The van der Waals surface area contributed by atoms with E-state index in [0.29, 0.717) is 22.0 Å². The molecule has 0 aliphatic carbocycles. The van der Waals surface area contributed by atoms with Gasteiger partial charge in [0.05, 0.1) is 18.4 Å². The number of hydrogen-bond donors (Lipinski definition) is 0. The summed E-state index contributed by atoms with van der Waals surface area (Å²) in [6.07, 6.45) is 1.69. The number of ketones is 1. The Hall–Kier alpha value is -2.44. The second kappa shape index (κ2) is 8.09. The average Bonchev–Trinajstić information content (AvgIpc) is 3.29. The molecule has 128 valence electrons. The standard InChI is InChI=1S/C18H14ClNO4S/c19-13-5-3-12(4-6-13)15(21)7-8-17(22)24-10-14-11-25-18(20-14)16-2-1-9-23-16/h1-6,9,11H,7-8,10H2. The second-order valence-corrected chi connectivity index (χ2v) is 6.51. The SMILES string of the molecule is O=C(CCC(=O)c1ccc(Cl)cc1)OCc1csc(-c2ccco2)n1. The van der Waals surface area contributed by atoms with E-state index >= 15 is 0 Å². The van der Waals surface area contributed by atoms with Gasteiger partial charge in [-0.15, -0.1) is 11.3 Å². The molecule has 0 aliphatic heterocycles. The number of carbonyl (C=O) groups excluding carboxylic acids is 2. The lowest BCUT2D eigenvalue weighted by Gasteiger charge is -2.03. The number of rotatable bonds is 7. The highest BCUT2D eigenvalue weighted by Crippen LogP contribution is 2.24. The fourth-order valence-electron chi connectivity index (χ4n) is 2.11.